The third kappa shape index (κ3) is 3.08. The normalized spacial score (nSPS) is 35.1. The van der Waals surface area contributed by atoms with Gasteiger partial charge in [-0.1, -0.05) is 6.92 Å². The molecule has 0 N–H and O–H groups in total. The van der Waals surface area contributed by atoms with E-state index in [9.17, 15) is 4.79 Å². The molecule has 3 atom stereocenters. The first kappa shape index (κ1) is 13.0. The van der Waals surface area contributed by atoms with Crippen LogP contribution in [-0.2, 0) is 4.79 Å². The van der Waals surface area contributed by atoms with Crippen LogP contribution < -0.4 is 0 Å². The van der Waals surface area contributed by atoms with Crippen LogP contribution in [0.25, 0.3) is 0 Å². The highest BCUT2D eigenvalue weighted by molar-refractivity contribution is 5.82. The molecule has 2 aliphatic rings. The van der Waals surface area contributed by atoms with Gasteiger partial charge in [0.05, 0.1) is 0 Å². The predicted octanol–water partition coefficient (Wildman–Crippen LogP) is 1.63. The van der Waals surface area contributed by atoms with Crippen molar-refractivity contribution in [2.24, 2.45) is 11.8 Å². The van der Waals surface area contributed by atoms with E-state index < -0.39 is 0 Å². The predicted molar refractivity (Wildman–Crippen MR) is 70.0 cm³/mol. The van der Waals surface area contributed by atoms with Crippen molar-refractivity contribution in [3.8, 4) is 0 Å². The van der Waals surface area contributed by atoms with E-state index in [-0.39, 0.29) is 0 Å². The number of nitrogens with zero attached hydrogens (tertiary/aromatic N) is 2. The zero-order chi connectivity index (χ0) is 12.4. The highest BCUT2D eigenvalue weighted by Crippen LogP contribution is 2.26. The van der Waals surface area contributed by atoms with E-state index in [4.69, 9.17) is 0 Å². The maximum absolute atomic E-state index is 11.6. The van der Waals surface area contributed by atoms with Crippen molar-refractivity contribution in [3.05, 3.63) is 0 Å². The number of rotatable bonds is 4. The van der Waals surface area contributed by atoms with Crippen LogP contribution in [-0.4, -0.2) is 55.4 Å². The summed E-state index contributed by atoms with van der Waals surface area (Å²) in [5, 5.41) is 0. The highest BCUT2D eigenvalue weighted by atomic mass is 16.1. The zero-order valence-electron chi connectivity index (χ0n) is 11.5. The van der Waals surface area contributed by atoms with Crippen LogP contribution in [0.1, 0.15) is 32.6 Å². The monoisotopic (exact) mass is 238 g/mol. The minimum Gasteiger partial charge on any atom is -0.305 e. The Morgan fingerprint density at radius 3 is 2.65 bits per heavy atom. The summed E-state index contributed by atoms with van der Waals surface area (Å²) in [7, 11) is 4.34. The molecule has 17 heavy (non-hydrogen) atoms. The number of hydrogen-bond donors (Lipinski definition) is 0. The van der Waals surface area contributed by atoms with E-state index in [1.165, 1.54) is 13.1 Å². The fraction of sp³-hybridized carbons (Fsp3) is 0.929. The Kier molecular flexibility index (Phi) is 4.21. The van der Waals surface area contributed by atoms with Crippen molar-refractivity contribution in [2.75, 3.05) is 33.7 Å². The first-order chi connectivity index (χ1) is 8.08. The Balaban J connectivity index is 1.76. The molecule has 0 radical (unpaired) electrons. The summed E-state index contributed by atoms with van der Waals surface area (Å²) in [5.74, 6) is 1.65. The maximum atomic E-state index is 11.6. The van der Waals surface area contributed by atoms with E-state index in [2.05, 4.69) is 30.8 Å². The van der Waals surface area contributed by atoms with Crippen LogP contribution in [0, 0.1) is 11.8 Å². The van der Waals surface area contributed by atoms with E-state index >= 15 is 0 Å². The Morgan fingerprint density at radius 2 is 2.12 bits per heavy atom. The molecule has 0 amide bonds. The molecule has 2 fully saturated rings. The second-order valence-electron chi connectivity index (χ2n) is 6.11. The molecule has 3 heteroatoms. The molecule has 1 heterocycles. The number of ketones is 1. The molecule has 3 nitrogen and oxygen atoms in total. The van der Waals surface area contributed by atoms with Gasteiger partial charge in [-0.05, 0) is 45.8 Å². The average Bonchev–Trinajstić information content (AvgIpc) is 2.82. The smallest absolute Gasteiger partial charge is 0.136 e. The average molecular weight is 238 g/mol. The lowest BCUT2D eigenvalue weighted by molar-refractivity contribution is -0.120. The van der Waals surface area contributed by atoms with Gasteiger partial charge in [0.2, 0.25) is 0 Å². The minimum absolute atomic E-state index is 0.378. The van der Waals surface area contributed by atoms with Gasteiger partial charge in [-0.3, -0.25) is 4.79 Å². The molecule has 0 aromatic rings. The molecule has 1 aliphatic heterocycles. The third-order valence-electron chi connectivity index (χ3n) is 4.54. The van der Waals surface area contributed by atoms with Gasteiger partial charge in [0.1, 0.15) is 5.78 Å². The lowest BCUT2D eigenvalue weighted by Crippen LogP contribution is -2.34. The topological polar surface area (TPSA) is 23.6 Å². The summed E-state index contributed by atoms with van der Waals surface area (Å²) in [6.07, 6.45) is 4.19. The van der Waals surface area contributed by atoms with Gasteiger partial charge in [-0.25, -0.2) is 0 Å². The van der Waals surface area contributed by atoms with Crippen LogP contribution in [0.3, 0.4) is 0 Å². The SMILES string of the molecule is CC1CN(CCC2CCCC2=O)CC1N(C)C. The quantitative estimate of drug-likeness (QED) is 0.744. The van der Waals surface area contributed by atoms with E-state index in [1.807, 2.05) is 0 Å². The van der Waals surface area contributed by atoms with Gasteiger partial charge in [0.25, 0.3) is 0 Å². The molecular weight excluding hydrogens is 212 g/mol. The largest absolute Gasteiger partial charge is 0.305 e. The summed E-state index contributed by atoms with van der Waals surface area (Å²) in [4.78, 5) is 16.5. The van der Waals surface area contributed by atoms with Crippen LogP contribution >= 0.6 is 0 Å². The maximum Gasteiger partial charge on any atom is 0.136 e. The van der Waals surface area contributed by atoms with Gasteiger partial charge >= 0.3 is 0 Å². The summed E-state index contributed by atoms with van der Waals surface area (Å²) in [6, 6.07) is 0.689. The summed E-state index contributed by atoms with van der Waals surface area (Å²) < 4.78 is 0. The van der Waals surface area contributed by atoms with Crippen molar-refractivity contribution in [1.82, 2.24) is 9.80 Å². The zero-order valence-corrected chi connectivity index (χ0v) is 11.5. The van der Waals surface area contributed by atoms with Crippen LogP contribution in [0.4, 0.5) is 0 Å². The second kappa shape index (κ2) is 5.49. The molecule has 0 bridgehead atoms. The molecule has 3 unspecified atom stereocenters. The van der Waals surface area contributed by atoms with Crippen molar-refractivity contribution < 1.29 is 4.79 Å². The van der Waals surface area contributed by atoms with Gasteiger partial charge in [-0.15, -0.1) is 0 Å². The second-order valence-corrected chi connectivity index (χ2v) is 6.11. The fourth-order valence-corrected chi connectivity index (χ4v) is 3.43. The Hall–Kier alpha value is -0.410. The number of likely N-dealkylation sites (tertiary alicyclic amines) is 1. The lowest BCUT2D eigenvalue weighted by Gasteiger charge is -2.22. The molecular formula is C14H26N2O. The molecule has 0 spiro atoms. The molecule has 1 aliphatic carbocycles. The first-order valence-electron chi connectivity index (χ1n) is 6.99. The Morgan fingerprint density at radius 1 is 1.35 bits per heavy atom. The lowest BCUT2D eigenvalue weighted by atomic mass is 10.0. The summed E-state index contributed by atoms with van der Waals surface area (Å²) >= 11 is 0. The van der Waals surface area contributed by atoms with E-state index in [0.717, 1.165) is 38.1 Å². The van der Waals surface area contributed by atoms with Crippen molar-refractivity contribution in [1.29, 1.82) is 0 Å². The van der Waals surface area contributed by atoms with Crippen LogP contribution in [0.5, 0.6) is 0 Å². The molecule has 0 aromatic carbocycles. The number of hydrogen-bond acceptors (Lipinski definition) is 3. The Bertz CT molecular complexity index is 277. The van der Waals surface area contributed by atoms with Crippen molar-refractivity contribution in [3.63, 3.8) is 0 Å². The van der Waals surface area contributed by atoms with Crippen molar-refractivity contribution >= 4 is 5.78 Å². The number of likely N-dealkylation sites (N-methyl/N-ethyl adjacent to an activating group) is 1. The Labute approximate surface area is 105 Å². The number of carbonyl (C=O) groups excluding carboxylic acids is 1. The van der Waals surface area contributed by atoms with E-state index in [0.29, 0.717) is 17.7 Å². The number of Topliss-reactive ketones (excluding diaryl/α,β-unsaturated/α-hetero) is 1. The van der Waals surface area contributed by atoms with Crippen molar-refractivity contribution in [2.45, 2.75) is 38.6 Å². The first-order valence-corrected chi connectivity index (χ1v) is 6.99. The standard InChI is InChI=1S/C14H26N2O/c1-11-9-16(10-13(11)15(2)3)8-7-12-5-4-6-14(12)17/h11-13H,4-10H2,1-3H3. The highest BCUT2D eigenvalue weighted by Gasteiger charge is 2.32. The van der Waals surface area contributed by atoms with Crippen LogP contribution in [0.2, 0.25) is 0 Å². The number of carbonyl (C=O) groups is 1. The van der Waals surface area contributed by atoms with Crippen LogP contribution in [0.15, 0.2) is 0 Å². The molecule has 1 saturated heterocycles. The third-order valence-corrected chi connectivity index (χ3v) is 4.54. The summed E-state index contributed by atoms with van der Waals surface area (Å²) in [6.45, 7) is 5.83. The molecule has 2 rings (SSSR count). The van der Waals surface area contributed by atoms with Gasteiger partial charge < -0.3 is 9.80 Å². The minimum atomic E-state index is 0.378. The van der Waals surface area contributed by atoms with Gasteiger partial charge in [-0.2, -0.15) is 0 Å². The molecule has 0 aromatic heterocycles. The van der Waals surface area contributed by atoms with E-state index in [1.54, 1.807) is 0 Å². The van der Waals surface area contributed by atoms with Gasteiger partial charge in [0, 0.05) is 31.5 Å². The summed E-state index contributed by atoms with van der Waals surface area (Å²) in [5.41, 5.74) is 0. The van der Waals surface area contributed by atoms with Gasteiger partial charge in [0.15, 0.2) is 0 Å². The fourth-order valence-electron chi connectivity index (χ4n) is 3.43. The molecule has 98 valence electrons. The molecule has 1 saturated carbocycles.